The minimum absolute atomic E-state index is 0.896. The number of nitrogens with zero attached hydrogens (tertiary/aromatic N) is 4. The van der Waals surface area contributed by atoms with Crippen molar-refractivity contribution >= 4 is 5.65 Å². The van der Waals surface area contributed by atoms with Crippen molar-refractivity contribution in [3.05, 3.63) is 73.3 Å². The van der Waals surface area contributed by atoms with E-state index in [9.17, 15) is 0 Å². The SMILES string of the molecule is c1cc(-c2cnc3cc(-c4ccc(ON5CCCCC5)cc4)ccn23)ccn1. The maximum atomic E-state index is 5.98. The van der Waals surface area contributed by atoms with Crippen LogP contribution < -0.4 is 4.84 Å². The molecular formula is C23H22N4O. The van der Waals surface area contributed by atoms with Crippen molar-refractivity contribution in [3.63, 3.8) is 0 Å². The van der Waals surface area contributed by atoms with Crippen LogP contribution in [0.5, 0.6) is 5.75 Å². The number of hydrogen-bond donors (Lipinski definition) is 0. The lowest BCUT2D eigenvalue weighted by atomic mass is 10.1. The van der Waals surface area contributed by atoms with Crippen molar-refractivity contribution in [2.45, 2.75) is 19.3 Å². The van der Waals surface area contributed by atoms with Gasteiger partial charge in [0.25, 0.3) is 0 Å². The van der Waals surface area contributed by atoms with E-state index in [0.29, 0.717) is 0 Å². The van der Waals surface area contributed by atoms with Gasteiger partial charge in [0.1, 0.15) is 11.4 Å². The van der Waals surface area contributed by atoms with E-state index >= 15 is 0 Å². The molecule has 5 nitrogen and oxygen atoms in total. The number of imidazole rings is 1. The highest BCUT2D eigenvalue weighted by Crippen LogP contribution is 2.27. The van der Waals surface area contributed by atoms with Crippen molar-refractivity contribution in [1.29, 1.82) is 0 Å². The molecule has 1 saturated heterocycles. The summed E-state index contributed by atoms with van der Waals surface area (Å²) in [5.41, 5.74) is 5.40. The largest absolute Gasteiger partial charge is 0.406 e. The summed E-state index contributed by atoms with van der Waals surface area (Å²) in [5, 5.41) is 2.07. The first-order chi connectivity index (χ1) is 13.9. The molecule has 0 atom stereocenters. The lowest BCUT2D eigenvalue weighted by Gasteiger charge is -2.26. The van der Waals surface area contributed by atoms with E-state index < -0.39 is 0 Å². The molecule has 140 valence electrons. The van der Waals surface area contributed by atoms with E-state index in [0.717, 1.165) is 46.9 Å². The molecular weight excluding hydrogens is 348 g/mol. The maximum Gasteiger partial charge on any atom is 0.147 e. The van der Waals surface area contributed by atoms with Crippen LogP contribution in [0.25, 0.3) is 28.0 Å². The minimum atomic E-state index is 0.896. The number of fused-ring (bicyclic) bond motifs is 1. The van der Waals surface area contributed by atoms with Gasteiger partial charge in [0.05, 0.1) is 11.9 Å². The molecule has 0 saturated carbocycles. The molecule has 5 rings (SSSR count). The molecule has 0 unspecified atom stereocenters. The van der Waals surface area contributed by atoms with E-state index in [1.807, 2.05) is 30.5 Å². The summed E-state index contributed by atoms with van der Waals surface area (Å²) >= 11 is 0. The summed E-state index contributed by atoms with van der Waals surface area (Å²) in [6.45, 7) is 2.02. The second-order valence-electron chi connectivity index (χ2n) is 7.13. The Bertz CT molecular complexity index is 1070. The Morgan fingerprint density at radius 1 is 0.786 bits per heavy atom. The molecule has 1 aromatic carbocycles. The molecule has 0 amide bonds. The van der Waals surface area contributed by atoms with E-state index in [1.54, 1.807) is 12.4 Å². The normalized spacial score (nSPS) is 15.0. The van der Waals surface area contributed by atoms with Gasteiger partial charge >= 0.3 is 0 Å². The standard InChI is InChI=1S/C23H22N4O/c1-2-13-26(14-3-1)28-21-6-4-18(5-7-21)20-10-15-27-22(17-25-23(27)16-20)19-8-11-24-12-9-19/h4-12,15-17H,1-3,13-14H2. The molecule has 1 aliphatic heterocycles. The van der Waals surface area contributed by atoms with E-state index in [1.165, 1.54) is 19.3 Å². The van der Waals surface area contributed by atoms with Gasteiger partial charge in [-0.1, -0.05) is 18.6 Å². The van der Waals surface area contributed by atoms with Crippen LogP contribution in [0.2, 0.25) is 0 Å². The first kappa shape index (κ1) is 17.0. The topological polar surface area (TPSA) is 42.7 Å². The number of aromatic nitrogens is 3. The lowest BCUT2D eigenvalue weighted by molar-refractivity contribution is -0.0719. The van der Waals surface area contributed by atoms with Gasteiger partial charge in [0.2, 0.25) is 0 Å². The average molecular weight is 370 g/mol. The molecule has 0 radical (unpaired) electrons. The maximum absolute atomic E-state index is 5.98. The lowest BCUT2D eigenvalue weighted by Crippen LogP contribution is -2.32. The molecule has 4 heterocycles. The zero-order valence-electron chi connectivity index (χ0n) is 15.7. The van der Waals surface area contributed by atoms with Gasteiger partial charge in [0, 0.05) is 37.2 Å². The quantitative estimate of drug-likeness (QED) is 0.515. The molecule has 0 bridgehead atoms. The van der Waals surface area contributed by atoms with E-state index in [2.05, 4.69) is 49.9 Å². The van der Waals surface area contributed by atoms with Crippen molar-refractivity contribution in [1.82, 2.24) is 19.4 Å². The van der Waals surface area contributed by atoms with Crippen LogP contribution in [0.3, 0.4) is 0 Å². The Morgan fingerprint density at radius 2 is 1.57 bits per heavy atom. The Morgan fingerprint density at radius 3 is 2.36 bits per heavy atom. The summed E-state index contributed by atoms with van der Waals surface area (Å²) in [7, 11) is 0. The number of hydrogen-bond acceptors (Lipinski definition) is 4. The van der Waals surface area contributed by atoms with Crippen LogP contribution in [0.15, 0.2) is 73.3 Å². The van der Waals surface area contributed by atoms with Gasteiger partial charge in [-0.05, 0) is 60.4 Å². The zero-order chi connectivity index (χ0) is 18.8. The summed E-state index contributed by atoms with van der Waals surface area (Å²) in [6.07, 6.45) is 11.3. The van der Waals surface area contributed by atoms with Gasteiger partial charge in [-0.25, -0.2) is 4.98 Å². The zero-order valence-corrected chi connectivity index (χ0v) is 15.7. The fourth-order valence-corrected chi connectivity index (χ4v) is 3.71. The van der Waals surface area contributed by atoms with Gasteiger partial charge in [0.15, 0.2) is 0 Å². The highest BCUT2D eigenvalue weighted by Gasteiger charge is 2.12. The van der Waals surface area contributed by atoms with Gasteiger partial charge in [-0.2, -0.15) is 0 Å². The summed E-state index contributed by atoms with van der Waals surface area (Å²) in [4.78, 5) is 14.7. The fourth-order valence-electron chi connectivity index (χ4n) is 3.71. The van der Waals surface area contributed by atoms with E-state index in [4.69, 9.17) is 4.84 Å². The Hall–Kier alpha value is -3.18. The van der Waals surface area contributed by atoms with Crippen molar-refractivity contribution < 1.29 is 4.84 Å². The number of hydroxylamine groups is 2. The molecule has 0 spiro atoms. The second-order valence-corrected chi connectivity index (χ2v) is 7.13. The van der Waals surface area contributed by atoms with Gasteiger partial charge in [-0.15, -0.1) is 5.06 Å². The van der Waals surface area contributed by atoms with Crippen LogP contribution in [0.4, 0.5) is 0 Å². The monoisotopic (exact) mass is 370 g/mol. The smallest absolute Gasteiger partial charge is 0.147 e. The molecule has 0 aliphatic carbocycles. The fraction of sp³-hybridized carbons (Fsp3) is 0.217. The van der Waals surface area contributed by atoms with Crippen LogP contribution in [-0.4, -0.2) is 32.5 Å². The van der Waals surface area contributed by atoms with Gasteiger partial charge in [-0.3, -0.25) is 9.38 Å². The number of benzene rings is 1. The predicted molar refractivity (Wildman–Crippen MR) is 110 cm³/mol. The third-order valence-electron chi connectivity index (χ3n) is 5.23. The molecule has 1 aliphatic rings. The highest BCUT2D eigenvalue weighted by molar-refractivity contribution is 5.71. The average Bonchev–Trinajstić information content (AvgIpc) is 3.19. The highest BCUT2D eigenvalue weighted by atomic mass is 16.7. The third-order valence-corrected chi connectivity index (χ3v) is 5.23. The predicted octanol–water partition coefficient (Wildman–Crippen LogP) is 4.84. The number of rotatable bonds is 4. The second kappa shape index (κ2) is 7.44. The summed E-state index contributed by atoms with van der Waals surface area (Å²) in [5.74, 6) is 0.896. The van der Waals surface area contributed by atoms with Crippen molar-refractivity contribution in [3.8, 4) is 28.1 Å². The van der Waals surface area contributed by atoms with Crippen molar-refractivity contribution in [2.75, 3.05) is 13.1 Å². The first-order valence-corrected chi connectivity index (χ1v) is 9.78. The van der Waals surface area contributed by atoms with Gasteiger partial charge < -0.3 is 4.84 Å². The van der Waals surface area contributed by atoms with Crippen LogP contribution in [0.1, 0.15) is 19.3 Å². The molecule has 0 N–H and O–H groups in total. The Labute approximate surface area is 164 Å². The molecule has 1 fully saturated rings. The summed E-state index contributed by atoms with van der Waals surface area (Å²) < 4.78 is 2.10. The van der Waals surface area contributed by atoms with Crippen LogP contribution >= 0.6 is 0 Å². The van der Waals surface area contributed by atoms with E-state index in [-0.39, 0.29) is 0 Å². The Balaban J connectivity index is 1.38. The minimum Gasteiger partial charge on any atom is -0.406 e. The molecule has 28 heavy (non-hydrogen) atoms. The molecule has 3 aromatic heterocycles. The van der Waals surface area contributed by atoms with Crippen LogP contribution in [0, 0.1) is 0 Å². The number of piperidine rings is 1. The first-order valence-electron chi connectivity index (χ1n) is 9.78. The third kappa shape index (κ3) is 3.37. The van der Waals surface area contributed by atoms with Crippen LogP contribution in [-0.2, 0) is 0 Å². The number of pyridine rings is 2. The molecule has 5 heteroatoms. The Kier molecular flexibility index (Phi) is 4.51. The van der Waals surface area contributed by atoms with Crippen molar-refractivity contribution in [2.24, 2.45) is 0 Å². The summed E-state index contributed by atoms with van der Waals surface area (Å²) in [6, 6.07) is 16.5. The molecule has 4 aromatic rings.